The third-order valence-electron chi connectivity index (χ3n) is 10.4. The van der Waals surface area contributed by atoms with Gasteiger partial charge in [0.05, 0.1) is 22.2 Å². The number of ether oxygens (including phenoxy) is 1. The highest BCUT2D eigenvalue weighted by Gasteiger charge is 2.73. The van der Waals surface area contributed by atoms with Crippen molar-refractivity contribution in [2.75, 3.05) is 13.1 Å². The maximum Gasteiger partial charge on any atom is 0.166 e. The number of fused-ring (bicyclic) bond motifs is 4. The summed E-state index contributed by atoms with van der Waals surface area (Å²) >= 11 is 6.70. The minimum atomic E-state index is -0.934. The first-order valence-electron chi connectivity index (χ1n) is 13.3. The standard InChI is InChI=1S/C29H29ClN2O3/c30-20-7-6-17-19-13-29(34)22-12-16-5-8-21(33)26-23(16)28(29,9-11-31(22)14-15-3-4-15)27(35-26)25(19)32-10-1-2-18(20)24(17)32/h5-8,15,22,27,33-34H,1-4,9-14H2/t22-,27+,28+,29-/m1/s1. The van der Waals surface area contributed by atoms with Crippen LogP contribution in [-0.4, -0.2) is 44.4 Å². The lowest BCUT2D eigenvalue weighted by atomic mass is 9.49. The highest BCUT2D eigenvalue weighted by atomic mass is 35.5. The Balaban J connectivity index is 1.36. The lowest BCUT2D eigenvalue weighted by molar-refractivity contribution is -0.173. The molecule has 0 radical (unpaired) electrons. The lowest BCUT2D eigenvalue weighted by Crippen LogP contribution is -2.74. The largest absolute Gasteiger partial charge is 0.504 e. The second-order valence-electron chi connectivity index (χ2n) is 12.0. The predicted molar refractivity (Wildman–Crippen MR) is 133 cm³/mol. The predicted octanol–water partition coefficient (Wildman–Crippen LogP) is 4.65. The molecular weight excluding hydrogens is 460 g/mol. The summed E-state index contributed by atoms with van der Waals surface area (Å²) in [5.41, 5.74) is 5.79. The van der Waals surface area contributed by atoms with Crippen LogP contribution in [0.3, 0.4) is 0 Å². The molecule has 35 heavy (non-hydrogen) atoms. The Kier molecular flexibility index (Phi) is 3.52. The number of nitrogens with zero attached hydrogens (tertiary/aromatic N) is 2. The number of benzene rings is 2. The molecule has 1 saturated carbocycles. The fourth-order valence-electron chi connectivity index (χ4n) is 8.88. The van der Waals surface area contributed by atoms with Gasteiger partial charge in [0, 0.05) is 41.5 Å². The summed E-state index contributed by atoms with van der Waals surface area (Å²) in [4.78, 5) is 2.60. The van der Waals surface area contributed by atoms with Crippen molar-refractivity contribution in [2.24, 2.45) is 5.92 Å². The van der Waals surface area contributed by atoms with Crippen LogP contribution in [0.25, 0.3) is 10.9 Å². The highest BCUT2D eigenvalue weighted by molar-refractivity contribution is 6.32. The van der Waals surface area contributed by atoms with E-state index in [9.17, 15) is 10.2 Å². The summed E-state index contributed by atoms with van der Waals surface area (Å²) in [6, 6.07) is 8.15. The van der Waals surface area contributed by atoms with Gasteiger partial charge in [0.2, 0.25) is 0 Å². The number of phenolic OH excluding ortho intramolecular Hbond substituents is 1. The van der Waals surface area contributed by atoms with Gasteiger partial charge >= 0.3 is 0 Å². The number of halogens is 1. The molecule has 2 bridgehead atoms. The molecule has 3 aromatic rings. The number of aromatic nitrogens is 1. The molecule has 180 valence electrons. The Labute approximate surface area is 209 Å². The molecule has 1 spiro atoms. The van der Waals surface area contributed by atoms with Crippen LogP contribution in [0, 0.1) is 5.92 Å². The molecule has 5 nitrogen and oxygen atoms in total. The number of aryl methyl sites for hydroxylation is 2. The normalized spacial score (nSPS) is 34.0. The van der Waals surface area contributed by atoms with Crippen molar-refractivity contribution in [3.8, 4) is 11.5 Å². The number of aliphatic hydroxyl groups is 1. The topological polar surface area (TPSA) is 57.9 Å². The third-order valence-corrected chi connectivity index (χ3v) is 10.8. The van der Waals surface area contributed by atoms with E-state index >= 15 is 0 Å². The van der Waals surface area contributed by atoms with E-state index in [0.717, 1.165) is 61.8 Å². The Morgan fingerprint density at radius 3 is 2.86 bits per heavy atom. The molecule has 3 aliphatic heterocycles. The minimum absolute atomic E-state index is 0.0643. The number of likely N-dealkylation sites (tertiary alicyclic amines) is 1. The number of phenols is 1. The van der Waals surface area contributed by atoms with Crippen LogP contribution in [0.2, 0.25) is 5.02 Å². The zero-order valence-corrected chi connectivity index (χ0v) is 20.4. The second-order valence-corrected chi connectivity index (χ2v) is 12.4. The Bertz CT molecular complexity index is 1470. The summed E-state index contributed by atoms with van der Waals surface area (Å²) < 4.78 is 9.27. The smallest absolute Gasteiger partial charge is 0.166 e. The first-order valence-corrected chi connectivity index (χ1v) is 13.7. The molecule has 0 amide bonds. The Morgan fingerprint density at radius 2 is 2.00 bits per heavy atom. The van der Waals surface area contributed by atoms with Gasteiger partial charge in [0.1, 0.15) is 0 Å². The molecule has 9 rings (SSSR count). The minimum Gasteiger partial charge on any atom is -0.504 e. The van der Waals surface area contributed by atoms with Crippen LogP contribution in [0.1, 0.15) is 59.7 Å². The van der Waals surface area contributed by atoms with Gasteiger partial charge in [-0.05, 0) is 79.8 Å². The molecule has 3 aliphatic carbocycles. The molecule has 0 unspecified atom stereocenters. The van der Waals surface area contributed by atoms with E-state index in [1.807, 2.05) is 6.07 Å². The Hall–Kier alpha value is -2.21. The van der Waals surface area contributed by atoms with Crippen molar-refractivity contribution in [1.29, 1.82) is 0 Å². The molecule has 6 heteroatoms. The maximum atomic E-state index is 13.0. The van der Waals surface area contributed by atoms with Crippen LogP contribution in [0.5, 0.6) is 11.5 Å². The van der Waals surface area contributed by atoms with Crippen molar-refractivity contribution in [3.63, 3.8) is 0 Å². The maximum absolute atomic E-state index is 13.0. The van der Waals surface area contributed by atoms with Gasteiger partial charge < -0.3 is 19.5 Å². The van der Waals surface area contributed by atoms with Gasteiger partial charge in [-0.2, -0.15) is 0 Å². The van der Waals surface area contributed by atoms with E-state index < -0.39 is 11.0 Å². The monoisotopic (exact) mass is 488 g/mol. The lowest BCUT2D eigenvalue weighted by Gasteiger charge is -2.63. The second kappa shape index (κ2) is 6.19. The van der Waals surface area contributed by atoms with Crippen LogP contribution >= 0.6 is 11.6 Å². The van der Waals surface area contributed by atoms with Crippen molar-refractivity contribution in [2.45, 2.75) is 74.7 Å². The van der Waals surface area contributed by atoms with Crippen molar-refractivity contribution in [3.05, 3.63) is 57.2 Å². The number of rotatable bonds is 2. The van der Waals surface area contributed by atoms with Gasteiger partial charge in [-0.3, -0.25) is 4.90 Å². The van der Waals surface area contributed by atoms with Crippen LogP contribution < -0.4 is 4.74 Å². The molecule has 6 aliphatic rings. The van der Waals surface area contributed by atoms with Gasteiger partial charge in [0.15, 0.2) is 17.6 Å². The van der Waals surface area contributed by atoms with E-state index in [0.29, 0.717) is 12.2 Å². The first kappa shape index (κ1) is 19.9. The molecule has 2 aromatic carbocycles. The zero-order chi connectivity index (χ0) is 23.3. The van der Waals surface area contributed by atoms with Crippen molar-refractivity contribution >= 4 is 22.5 Å². The van der Waals surface area contributed by atoms with E-state index in [-0.39, 0.29) is 17.9 Å². The molecule has 4 heterocycles. The van der Waals surface area contributed by atoms with Crippen molar-refractivity contribution in [1.82, 2.24) is 9.47 Å². The number of aromatic hydroxyl groups is 1. The number of hydrogen-bond donors (Lipinski definition) is 2. The fourth-order valence-corrected chi connectivity index (χ4v) is 9.12. The third kappa shape index (κ3) is 2.14. The van der Waals surface area contributed by atoms with Crippen LogP contribution in [0.4, 0.5) is 0 Å². The number of piperidine rings is 1. The van der Waals surface area contributed by atoms with Crippen molar-refractivity contribution < 1.29 is 14.9 Å². The summed E-state index contributed by atoms with van der Waals surface area (Å²) in [7, 11) is 0. The summed E-state index contributed by atoms with van der Waals surface area (Å²) in [5, 5.41) is 26.0. The molecular formula is C29H29ClN2O3. The average molecular weight is 489 g/mol. The van der Waals surface area contributed by atoms with Gasteiger partial charge in [0.25, 0.3) is 0 Å². The van der Waals surface area contributed by atoms with Gasteiger partial charge in [-0.15, -0.1) is 0 Å². The number of hydrogen-bond acceptors (Lipinski definition) is 4. The van der Waals surface area contributed by atoms with Gasteiger partial charge in [-0.1, -0.05) is 23.7 Å². The van der Waals surface area contributed by atoms with Gasteiger partial charge in [-0.25, -0.2) is 0 Å². The Morgan fingerprint density at radius 1 is 1.11 bits per heavy atom. The SMILES string of the molecule is Oc1ccc2c3c1O[C@H]1c4c(c5ccc(Cl)c6c5n4CCC6)C[C@@]4(O)[C@@H](C2)N(CC2CC2)CC[C@]314. The first-order chi connectivity index (χ1) is 17.0. The zero-order valence-electron chi connectivity index (χ0n) is 19.7. The molecule has 1 aromatic heterocycles. The van der Waals surface area contributed by atoms with E-state index in [1.165, 1.54) is 46.1 Å². The quantitative estimate of drug-likeness (QED) is 0.551. The molecule has 1 saturated heterocycles. The molecule has 2 N–H and O–H groups in total. The van der Waals surface area contributed by atoms with E-state index in [4.69, 9.17) is 16.3 Å². The molecule has 4 atom stereocenters. The highest BCUT2D eigenvalue weighted by Crippen LogP contribution is 2.69. The van der Waals surface area contributed by atoms with Crippen LogP contribution in [0.15, 0.2) is 24.3 Å². The fraction of sp³-hybridized carbons (Fsp3) is 0.517. The summed E-state index contributed by atoms with van der Waals surface area (Å²) in [5.74, 6) is 1.59. The molecule has 2 fully saturated rings. The summed E-state index contributed by atoms with van der Waals surface area (Å²) in [6.07, 6.45) is 6.68. The average Bonchev–Trinajstić information content (AvgIpc) is 3.51. The van der Waals surface area contributed by atoms with Crippen LogP contribution in [-0.2, 0) is 31.2 Å². The van der Waals surface area contributed by atoms with E-state index in [2.05, 4.69) is 21.6 Å². The van der Waals surface area contributed by atoms with E-state index in [1.54, 1.807) is 6.07 Å². The summed E-state index contributed by atoms with van der Waals surface area (Å²) in [6.45, 7) is 3.01.